The third-order valence-corrected chi connectivity index (χ3v) is 3.61. The van der Waals surface area contributed by atoms with Gasteiger partial charge in [0, 0.05) is 16.4 Å². The van der Waals surface area contributed by atoms with Gasteiger partial charge in [0.1, 0.15) is 0 Å². The lowest BCUT2D eigenvalue weighted by Gasteiger charge is -2.03. The van der Waals surface area contributed by atoms with Crippen LogP contribution in [0.5, 0.6) is 0 Å². The molecule has 0 bridgehead atoms. The number of aromatic carboxylic acids is 1. The molecule has 0 unspecified atom stereocenters. The van der Waals surface area contributed by atoms with Gasteiger partial charge in [-0.2, -0.15) is 11.8 Å². The molecule has 0 saturated heterocycles. The number of hydrogen-bond acceptors (Lipinski definition) is 3. The average molecular weight is 228 g/mol. The van der Waals surface area contributed by atoms with Gasteiger partial charge in [0.15, 0.2) is 0 Å². The number of thioether (sulfide) groups is 2. The fourth-order valence-corrected chi connectivity index (χ4v) is 2.71. The van der Waals surface area contributed by atoms with Crippen LogP contribution in [-0.4, -0.2) is 28.8 Å². The number of carboxylic acids is 1. The van der Waals surface area contributed by atoms with Crippen molar-refractivity contribution in [3.63, 3.8) is 0 Å². The number of carbonyl (C=O) groups is 1. The highest BCUT2D eigenvalue weighted by Gasteiger charge is 2.08. The molecule has 1 aromatic carbocycles. The third kappa shape index (κ3) is 3.27. The number of benzene rings is 1. The minimum atomic E-state index is -0.850. The summed E-state index contributed by atoms with van der Waals surface area (Å²) in [6.07, 6.45) is 2.05. The number of carboxylic acid groups (broad SMARTS) is 1. The first-order chi connectivity index (χ1) is 6.75. The molecule has 2 nitrogen and oxygen atoms in total. The Morgan fingerprint density at radius 2 is 2.07 bits per heavy atom. The molecule has 0 radical (unpaired) electrons. The maximum atomic E-state index is 10.8. The summed E-state index contributed by atoms with van der Waals surface area (Å²) in [7, 11) is 0. The maximum absolute atomic E-state index is 10.8. The second kappa shape index (κ2) is 5.98. The van der Waals surface area contributed by atoms with Crippen LogP contribution in [0.25, 0.3) is 0 Å². The van der Waals surface area contributed by atoms with Crippen molar-refractivity contribution < 1.29 is 9.90 Å². The zero-order valence-corrected chi connectivity index (χ0v) is 9.53. The normalized spacial score (nSPS) is 10.1. The fourth-order valence-electron chi connectivity index (χ4n) is 1.00. The predicted molar refractivity (Wildman–Crippen MR) is 62.5 cm³/mol. The fraction of sp³-hybridized carbons (Fsp3) is 0.300. The molecule has 0 aliphatic rings. The highest BCUT2D eigenvalue weighted by Crippen LogP contribution is 2.23. The van der Waals surface area contributed by atoms with Crippen LogP contribution in [0.3, 0.4) is 0 Å². The first-order valence-corrected chi connectivity index (χ1v) is 6.57. The van der Waals surface area contributed by atoms with Crippen LogP contribution in [0.2, 0.25) is 0 Å². The lowest BCUT2D eigenvalue weighted by Crippen LogP contribution is -1.98. The van der Waals surface area contributed by atoms with E-state index in [1.165, 1.54) is 0 Å². The van der Waals surface area contributed by atoms with Crippen LogP contribution in [0, 0.1) is 0 Å². The number of hydrogen-bond donors (Lipinski definition) is 1. The first kappa shape index (κ1) is 11.5. The summed E-state index contributed by atoms with van der Waals surface area (Å²) in [5.41, 5.74) is 0.401. The molecule has 0 aliphatic heterocycles. The predicted octanol–water partition coefficient (Wildman–Crippen LogP) is 2.84. The molecular weight excluding hydrogens is 216 g/mol. The zero-order valence-electron chi connectivity index (χ0n) is 7.90. The molecule has 0 amide bonds. The van der Waals surface area contributed by atoms with E-state index >= 15 is 0 Å². The Morgan fingerprint density at radius 3 is 2.71 bits per heavy atom. The molecule has 0 aliphatic carbocycles. The Balaban J connectivity index is 2.69. The van der Waals surface area contributed by atoms with Crippen molar-refractivity contribution in [2.45, 2.75) is 4.90 Å². The van der Waals surface area contributed by atoms with Crippen LogP contribution >= 0.6 is 23.5 Å². The van der Waals surface area contributed by atoms with Gasteiger partial charge in [-0.1, -0.05) is 12.1 Å². The SMILES string of the molecule is CSCCSc1ccccc1C(=O)O. The summed E-state index contributed by atoms with van der Waals surface area (Å²) in [5.74, 6) is 1.14. The molecule has 1 aromatic rings. The summed E-state index contributed by atoms with van der Waals surface area (Å²) in [6, 6.07) is 7.12. The van der Waals surface area contributed by atoms with Gasteiger partial charge in [0.25, 0.3) is 0 Å². The van der Waals surface area contributed by atoms with Gasteiger partial charge >= 0.3 is 5.97 Å². The van der Waals surface area contributed by atoms with Crippen LogP contribution in [0.15, 0.2) is 29.2 Å². The van der Waals surface area contributed by atoms with Crippen molar-refractivity contribution in [1.82, 2.24) is 0 Å². The Bertz CT molecular complexity index is 313. The van der Waals surface area contributed by atoms with Crippen molar-refractivity contribution >= 4 is 29.5 Å². The molecule has 0 fully saturated rings. The van der Waals surface area contributed by atoms with Crippen molar-refractivity contribution in [3.05, 3.63) is 29.8 Å². The molecule has 0 saturated carbocycles. The van der Waals surface area contributed by atoms with Crippen LogP contribution < -0.4 is 0 Å². The molecule has 1 N–H and O–H groups in total. The zero-order chi connectivity index (χ0) is 10.4. The molecule has 76 valence electrons. The average Bonchev–Trinajstić information content (AvgIpc) is 2.19. The second-order valence-corrected chi connectivity index (χ2v) is 4.76. The van der Waals surface area contributed by atoms with Crippen molar-refractivity contribution in [2.75, 3.05) is 17.8 Å². The molecule has 14 heavy (non-hydrogen) atoms. The van der Waals surface area contributed by atoms with Crippen molar-refractivity contribution in [2.24, 2.45) is 0 Å². The molecule has 0 atom stereocenters. The Kier molecular flexibility index (Phi) is 4.90. The monoisotopic (exact) mass is 228 g/mol. The minimum absolute atomic E-state index is 0.401. The lowest BCUT2D eigenvalue weighted by molar-refractivity contribution is 0.0693. The first-order valence-electron chi connectivity index (χ1n) is 4.19. The highest BCUT2D eigenvalue weighted by atomic mass is 32.2. The second-order valence-electron chi connectivity index (χ2n) is 2.64. The van der Waals surface area contributed by atoms with E-state index in [0.29, 0.717) is 5.56 Å². The molecule has 4 heteroatoms. The summed E-state index contributed by atoms with van der Waals surface area (Å²) >= 11 is 3.37. The van der Waals surface area contributed by atoms with E-state index < -0.39 is 5.97 Å². The van der Waals surface area contributed by atoms with E-state index in [1.807, 2.05) is 18.4 Å². The van der Waals surface area contributed by atoms with E-state index in [2.05, 4.69) is 0 Å². The van der Waals surface area contributed by atoms with Crippen LogP contribution in [0.4, 0.5) is 0 Å². The van der Waals surface area contributed by atoms with Crippen LogP contribution in [-0.2, 0) is 0 Å². The van der Waals surface area contributed by atoms with Gasteiger partial charge in [-0.25, -0.2) is 4.79 Å². The van der Waals surface area contributed by atoms with E-state index in [-0.39, 0.29) is 0 Å². The molecule has 0 aromatic heterocycles. The van der Waals surface area contributed by atoms with Gasteiger partial charge in [0.05, 0.1) is 5.56 Å². The Hall–Kier alpha value is -0.610. The summed E-state index contributed by atoms with van der Waals surface area (Å²) in [6.45, 7) is 0. The van der Waals surface area contributed by atoms with E-state index in [0.717, 1.165) is 16.4 Å². The smallest absolute Gasteiger partial charge is 0.336 e. The van der Waals surface area contributed by atoms with E-state index in [4.69, 9.17) is 5.11 Å². The van der Waals surface area contributed by atoms with Crippen molar-refractivity contribution in [3.8, 4) is 0 Å². The van der Waals surface area contributed by atoms with E-state index in [9.17, 15) is 4.79 Å². The molecule has 1 rings (SSSR count). The van der Waals surface area contributed by atoms with Gasteiger partial charge in [0.2, 0.25) is 0 Å². The summed E-state index contributed by atoms with van der Waals surface area (Å²) in [4.78, 5) is 11.7. The quantitative estimate of drug-likeness (QED) is 0.621. The lowest BCUT2D eigenvalue weighted by atomic mass is 10.2. The van der Waals surface area contributed by atoms with Gasteiger partial charge in [-0.05, 0) is 18.4 Å². The van der Waals surface area contributed by atoms with Gasteiger partial charge in [-0.15, -0.1) is 11.8 Å². The van der Waals surface area contributed by atoms with E-state index in [1.54, 1.807) is 35.7 Å². The molecule has 0 heterocycles. The maximum Gasteiger partial charge on any atom is 0.336 e. The number of rotatable bonds is 5. The minimum Gasteiger partial charge on any atom is -0.478 e. The molecule has 0 spiro atoms. The summed E-state index contributed by atoms with van der Waals surface area (Å²) in [5, 5.41) is 8.90. The topological polar surface area (TPSA) is 37.3 Å². The Labute approximate surface area is 92.1 Å². The van der Waals surface area contributed by atoms with Crippen LogP contribution in [0.1, 0.15) is 10.4 Å². The van der Waals surface area contributed by atoms with Gasteiger partial charge in [-0.3, -0.25) is 0 Å². The highest BCUT2D eigenvalue weighted by molar-refractivity contribution is 8.02. The standard InChI is InChI=1S/C10H12O2S2/c1-13-6-7-14-9-5-3-2-4-8(9)10(11)12/h2-5H,6-7H2,1H3,(H,11,12). The van der Waals surface area contributed by atoms with Crippen molar-refractivity contribution in [1.29, 1.82) is 0 Å². The molecular formula is C10H12O2S2. The third-order valence-electron chi connectivity index (χ3n) is 1.66. The van der Waals surface area contributed by atoms with Gasteiger partial charge < -0.3 is 5.11 Å². The largest absolute Gasteiger partial charge is 0.478 e. The summed E-state index contributed by atoms with van der Waals surface area (Å²) < 4.78 is 0. The Morgan fingerprint density at radius 1 is 1.36 bits per heavy atom.